The van der Waals surface area contributed by atoms with Gasteiger partial charge in [0.25, 0.3) is 0 Å². The summed E-state index contributed by atoms with van der Waals surface area (Å²) in [7, 11) is 0. The number of esters is 1. The van der Waals surface area contributed by atoms with Crippen molar-refractivity contribution < 1.29 is 14.3 Å². The van der Waals surface area contributed by atoms with Gasteiger partial charge in [-0.15, -0.1) is 11.3 Å². The van der Waals surface area contributed by atoms with E-state index in [1.165, 1.54) is 11.3 Å². The molecule has 5 heteroatoms. The van der Waals surface area contributed by atoms with Crippen LogP contribution in [0, 0.1) is 18.8 Å². The van der Waals surface area contributed by atoms with Gasteiger partial charge in [0.05, 0.1) is 12.2 Å². The van der Waals surface area contributed by atoms with Crippen molar-refractivity contribution in [3.8, 4) is 0 Å². The van der Waals surface area contributed by atoms with Crippen molar-refractivity contribution in [3.05, 3.63) is 16.0 Å². The summed E-state index contributed by atoms with van der Waals surface area (Å²) in [6.07, 6.45) is 1.69. The first-order valence-electron chi connectivity index (χ1n) is 7.09. The number of thiophene rings is 1. The Kier molecular flexibility index (Phi) is 4.48. The lowest BCUT2D eigenvalue weighted by Gasteiger charge is -2.07. The molecule has 20 heavy (non-hydrogen) atoms. The van der Waals surface area contributed by atoms with Crippen LogP contribution in [-0.4, -0.2) is 18.5 Å². The molecule has 4 nitrogen and oxygen atoms in total. The highest BCUT2D eigenvalue weighted by atomic mass is 32.1. The summed E-state index contributed by atoms with van der Waals surface area (Å²) in [4.78, 5) is 25.3. The van der Waals surface area contributed by atoms with E-state index >= 15 is 0 Å². The second kappa shape index (κ2) is 5.95. The van der Waals surface area contributed by atoms with Crippen LogP contribution in [0.3, 0.4) is 0 Å². The van der Waals surface area contributed by atoms with Crippen LogP contribution in [0.15, 0.2) is 0 Å². The Labute approximate surface area is 123 Å². The summed E-state index contributed by atoms with van der Waals surface area (Å²) in [6.45, 7) is 8.17. The van der Waals surface area contributed by atoms with E-state index in [2.05, 4.69) is 12.2 Å². The Morgan fingerprint density at radius 2 is 2.05 bits per heavy atom. The zero-order valence-electron chi connectivity index (χ0n) is 12.4. The van der Waals surface area contributed by atoms with Crippen LogP contribution in [0.25, 0.3) is 0 Å². The van der Waals surface area contributed by atoms with Crippen LogP contribution in [0.5, 0.6) is 0 Å². The molecule has 110 valence electrons. The number of carbonyl (C=O) groups excluding carboxylic acids is 2. The minimum Gasteiger partial charge on any atom is -0.462 e. The average molecular weight is 295 g/mol. The van der Waals surface area contributed by atoms with Crippen LogP contribution in [0.4, 0.5) is 5.00 Å². The van der Waals surface area contributed by atoms with Gasteiger partial charge in [-0.3, -0.25) is 4.79 Å². The van der Waals surface area contributed by atoms with Crippen molar-refractivity contribution in [1.82, 2.24) is 0 Å². The zero-order chi connectivity index (χ0) is 14.9. The number of anilines is 1. The summed E-state index contributed by atoms with van der Waals surface area (Å²) in [5.74, 6) is 0.227. The Hall–Kier alpha value is -1.36. The van der Waals surface area contributed by atoms with Gasteiger partial charge < -0.3 is 10.1 Å². The van der Waals surface area contributed by atoms with E-state index in [9.17, 15) is 9.59 Å². The topological polar surface area (TPSA) is 55.4 Å². The molecule has 1 aliphatic rings. The maximum atomic E-state index is 12.1. The highest BCUT2D eigenvalue weighted by Crippen LogP contribution is 2.40. The number of aryl methyl sites for hydroxylation is 1. The van der Waals surface area contributed by atoms with Crippen molar-refractivity contribution in [3.63, 3.8) is 0 Å². The predicted octanol–water partition coefficient (Wildman–Crippen LogP) is 3.39. The number of hydrogen-bond donors (Lipinski definition) is 1. The number of nitrogens with one attached hydrogen (secondary N) is 1. The Morgan fingerprint density at radius 3 is 2.55 bits per heavy atom. The van der Waals surface area contributed by atoms with Crippen molar-refractivity contribution >= 4 is 28.2 Å². The third-order valence-electron chi connectivity index (χ3n) is 3.73. The lowest BCUT2D eigenvalue weighted by molar-refractivity contribution is -0.117. The number of amides is 1. The largest absolute Gasteiger partial charge is 0.462 e. The third-order valence-corrected chi connectivity index (χ3v) is 4.79. The van der Waals surface area contributed by atoms with Gasteiger partial charge in [0.2, 0.25) is 5.91 Å². The molecule has 0 spiro atoms. The molecule has 0 aliphatic heterocycles. The summed E-state index contributed by atoms with van der Waals surface area (Å²) < 4.78 is 5.12. The van der Waals surface area contributed by atoms with Crippen molar-refractivity contribution in [1.29, 1.82) is 0 Å². The molecule has 0 unspecified atom stereocenters. The summed E-state index contributed by atoms with van der Waals surface area (Å²) in [6, 6.07) is 0. The first kappa shape index (κ1) is 15.0. The number of ether oxygens (including phenoxy) is 1. The van der Waals surface area contributed by atoms with E-state index in [1.807, 2.05) is 13.8 Å². The fraction of sp³-hybridized carbons (Fsp3) is 0.600. The molecule has 1 aromatic rings. The van der Waals surface area contributed by atoms with Gasteiger partial charge >= 0.3 is 5.97 Å². The van der Waals surface area contributed by atoms with Crippen LogP contribution in [0.2, 0.25) is 0 Å². The molecule has 0 bridgehead atoms. The predicted molar refractivity (Wildman–Crippen MR) is 80.3 cm³/mol. The number of rotatable bonds is 5. The minimum absolute atomic E-state index is 0.0203. The average Bonchev–Trinajstić information content (AvgIpc) is 3.03. The maximum absolute atomic E-state index is 12.1. The maximum Gasteiger partial charge on any atom is 0.341 e. The highest BCUT2D eigenvalue weighted by Gasteiger charge is 2.39. The normalized spacial score (nSPS) is 20.6. The Morgan fingerprint density at radius 1 is 1.40 bits per heavy atom. The Balaban J connectivity index is 2.27. The fourth-order valence-corrected chi connectivity index (χ4v) is 3.54. The van der Waals surface area contributed by atoms with Crippen molar-refractivity contribution in [2.45, 2.75) is 40.5 Å². The molecule has 1 saturated carbocycles. The van der Waals surface area contributed by atoms with E-state index in [4.69, 9.17) is 4.74 Å². The molecule has 1 aliphatic carbocycles. The molecular weight excluding hydrogens is 274 g/mol. The highest BCUT2D eigenvalue weighted by molar-refractivity contribution is 7.16. The molecule has 1 heterocycles. The summed E-state index contributed by atoms with van der Waals surface area (Å²) in [5, 5.41) is 3.56. The molecule has 0 radical (unpaired) electrons. The molecular formula is C15H21NO3S. The minimum atomic E-state index is -0.340. The molecule has 1 aromatic heterocycles. The number of hydrogen-bond acceptors (Lipinski definition) is 4. The van der Waals surface area contributed by atoms with Crippen LogP contribution in [-0.2, 0) is 16.0 Å². The van der Waals surface area contributed by atoms with Crippen LogP contribution < -0.4 is 5.32 Å². The first-order chi connectivity index (χ1) is 9.49. The van der Waals surface area contributed by atoms with Crippen LogP contribution in [0.1, 0.15) is 48.0 Å². The van der Waals surface area contributed by atoms with Gasteiger partial charge in [-0.25, -0.2) is 4.79 Å². The quantitative estimate of drug-likeness (QED) is 0.847. The summed E-state index contributed by atoms with van der Waals surface area (Å²) in [5.41, 5.74) is 1.52. The monoisotopic (exact) mass is 295 g/mol. The molecule has 1 amide bonds. The first-order valence-corrected chi connectivity index (χ1v) is 7.91. The van der Waals surface area contributed by atoms with Gasteiger partial charge in [0, 0.05) is 10.8 Å². The molecule has 2 rings (SSSR count). The lowest BCUT2D eigenvalue weighted by Crippen LogP contribution is -2.17. The molecule has 0 saturated heterocycles. The summed E-state index contributed by atoms with van der Waals surface area (Å²) >= 11 is 1.46. The lowest BCUT2D eigenvalue weighted by atomic mass is 10.1. The van der Waals surface area contributed by atoms with E-state index in [1.54, 1.807) is 6.92 Å². The van der Waals surface area contributed by atoms with Gasteiger partial charge in [-0.2, -0.15) is 0 Å². The standard InChI is InChI=1S/C15H21NO3S/c1-5-10-9(4)20-14(12(10)15(18)19-6-2)16-13(17)11-7-8(11)3/h8,11H,5-7H2,1-4H3,(H,16,17)/t8-,11-/m0/s1. The number of carbonyl (C=O) groups is 2. The van der Waals surface area contributed by atoms with E-state index in [0.29, 0.717) is 23.1 Å². The van der Waals surface area contributed by atoms with Gasteiger partial charge in [-0.05, 0) is 38.2 Å². The SMILES string of the molecule is CCOC(=O)c1c(NC(=O)[C@H]2C[C@@H]2C)sc(C)c1CC. The van der Waals surface area contributed by atoms with E-state index < -0.39 is 0 Å². The van der Waals surface area contributed by atoms with Gasteiger partial charge in [0.1, 0.15) is 5.00 Å². The van der Waals surface area contributed by atoms with Crippen molar-refractivity contribution in [2.24, 2.45) is 11.8 Å². The van der Waals surface area contributed by atoms with Crippen LogP contribution >= 0.6 is 11.3 Å². The van der Waals surface area contributed by atoms with Gasteiger partial charge in [-0.1, -0.05) is 13.8 Å². The second-order valence-corrected chi connectivity index (χ2v) is 6.45. The Bertz CT molecular complexity index is 535. The molecule has 1 fully saturated rings. The zero-order valence-corrected chi connectivity index (χ0v) is 13.2. The van der Waals surface area contributed by atoms with E-state index in [0.717, 1.165) is 23.3 Å². The second-order valence-electron chi connectivity index (χ2n) is 5.22. The molecule has 1 N–H and O–H groups in total. The smallest absolute Gasteiger partial charge is 0.341 e. The fourth-order valence-electron chi connectivity index (χ4n) is 2.40. The molecule has 0 aromatic carbocycles. The third kappa shape index (κ3) is 2.87. The van der Waals surface area contributed by atoms with Crippen molar-refractivity contribution in [2.75, 3.05) is 11.9 Å². The molecule has 2 atom stereocenters. The van der Waals surface area contributed by atoms with E-state index in [-0.39, 0.29) is 17.8 Å². The van der Waals surface area contributed by atoms with Gasteiger partial charge in [0.15, 0.2) is 0 Å².